The summed E-state index contributed by atoms with van der Waals surface area (Å²) in [6.45, 7) is 16.7. The van der Waals surface area contributed by atoms with E-state index in [-0.39, 0.29) is 18.4 Å². The molecule has 0 saturated heterocycles. The van der Waals surface area contributed by atoms with Crippen molar-refractivity contribution in [3.63, 3.8) is 0 Å². The summed E-state index contributed by atoms with van der Waals surface area (Å²) < 4.78 is 16.6. The van der Waals surface area contributed by atoms with Crippen molar-refractivity contribution in [3.8, 4) is 0 Å². The van der Waals surface area contributed by atoms with Crippen molar-refractivity contribution >= 4 is 11.8 Å². The quantitative estimate of drug-likeness (QED) is 0.165. The van der Waals surface area contributed by atoms with Gasteiger partial charge >= 0.3 is 5.97 Å². The summed E-state index contributed by atoms with van der Waals surface area (Å²) in [7, 11) is 1.53. The average molecular weight is 406 g/mol. The van der Waals surface area contributed by atoms with Crippen LogP contribution in [-0.2, 0) is 23.8 Å². The molecule has 1 rings (SSSR count). The fourth-order valence-corrected chi connectivity index (χ4v) is 3.26. The highest BCUT2D eigenvalue weighted by molar-refractivity contribution is 6.33. The summed E-state index contributed by atoms with van der Waals surface area (Å²) in [5.41, 5.74) is 1.77. The van der Waals surface area contributed by atoms with E-state index in [9.17, 15) is 9.59 Å². The monoisotopic (exact) mass is 405 g/mol. The van der Waals surface area contributed by atoms with Crippen LogP contribution in [0.25, 0.3) is 0 Å². The van der Waals surface area contributed by atoms with E-state index in [1.165, 1.54) is 7.11 Å². The van der Waals surface area contributed by atoms with Crippen LogP contribution in [0.15, 0.2) is 48.0 Å². The SMILES string of the molecule is C=C(C)CCC(=O)C(=O)O[C@@H]1C(OC)=C[C@H](NCCC)[C@@H]1/C(C)=C/C(=C)OCC. The molecule has 0 bridgehead atoms. The number of allylic oxidation sites excluding steroid dienone is 2. The van der Waals surface area contributed by atoms with Gasteiger partial charge in [-0.05, 0) is 52.3 Å². The van der Waals surface area contributed by atoms with E-state index in [1.807, 2.05) is 32.9 Å². The molecular formula is C23H35NO5. The maximum absolute atomic E-state index is 12.4. The lowest BCUT2D eigenvalue weighted by atomic mass is 9.91. The molecule has 0 aromatic heterocycles. The number of ether oxygens (including phenoxy) is 3. The standard InChI is InChI=1S/C23H35NO5/c1-8-12-24-18-14-20(27-7)22(21(18)16(5)13-17(6)28-9-2)29-23(26)19(25)11-10-15(3)4/h13-14,18,21-22,24H,3,6,8-12H2,1-2,4-5,7H3/b16-13+/t18-,21-,22+/m0/s1. The van der Waals surface area contributed by atoms with Gasteiger partial charge in [-0.15, -0.1) is 6.58 Å². The number of nitrogens with one attached hydrogen (secondary N) is 1. The van der Waals surface area contributed by atoms with Crippen molar-refractivity contribution in [2.45, 2.75) is 59.1 Å². The van der Waals surface area contributed by atoms with Crippen LogP contribution in [0.5, 0.6) is 0 Å². The van der Waals surface area contributed by atoms with Gasteiger partial charge in [0.15, 0.2) is 6.10 Å². The van der Waals surface area contributed by atoms with Gasteiger partial charge < -0.3 is 19.5 Å². The van der Waals surface area contributed by atoms with Crippen LogP contribution in [-0.4, -0.2) is 44.2 Å². The molecule has 1 aliphatic carbocycles. The van der Waals surface area contributed by atoms with Crippen LogP contribution >= 0.6 is 0 Å². The molecule has 6 nitrogen and oxygen atoms in total. The zero-order valence-electron chi connectivity index (χ0n) is 18.4. The maximum atomic E-state index is 12.4. The second kappa shape index (κ2) is 12.3. The molecule has 0 aliphatic heterocycles. The zero-order chi connectivity index (χ0) is 22.0. The smallest absolute Gasteiger partial charge is 0.375 e. The topological polar surface area (TPSA) is 73.9 Å². The van der Waals surface area contributed by atoms with E-state index < -0.39 is 17.9 Å². The number of hydrogen-bond acceptors (Lipinski definition) is 6. The highest BCUT2D eigenvalue weighted by Crippen LogP contribution is 2.35. The highest BCUT2D eigenvalue weighted by atomic mass is 16.6. The Kier molecular flexibility index (Phi) is 10.5. The Labute approximate surface area is 174 Å². The Hall–Kier alpha value is -2.34. The lowest BCUT2D eigenvalue weighted by molar-refractivity contribution is -0.159. The molecule has 1 aliphatic rings. The summed E-state index contributed by atoms with van der Waals surface area (Å²) in [5, 5.41) is 3.45. The zero-order valence-corrected chi connectivity index (χ0v) is 18.4. The van der Waals surface area contributed by atoms with Gasteiger partial charge in [-0.1, -0.05) is 24.6 Å². The maximum Gasteiger partial charge on any atom is 0.375 e. The van der Waals surface area contributed by atoms with Crippen molar-refractivity contribution in [2.75, 3.05) is 20.3 Å². The Morgan fingerprint density at radius 3 is 2.45 bits per heavy atom. The molecule has 6 heteroatoms. The van der Waals surface area contributed by atoms with Gasteiger partial charge in [0.2, 0.25) is 5.78 Å². The van der Waals surface area contributed by atoms with Crippen LogP contribution < -0.4 is 5.32 Å². The van der Waals surface area contributed by atoms with Gasteiger partial charge in [-0.25, -0.2) is 4.79 Å². The van der Waals surface area contributed by atoms with Crippen molar-refractivity contribution in [1.82, 2.24) is 5.32 Å². The summed E-state index contributed by atoms with van der Waals surface area (Å²) in [4.78, 5) is 24.6. The molecule has 0 saturated carbocycles. The number of esters is 1. The van der Waals surface area contributed by atoms with Crippen LogP contribution in [0.1, 0.15) is 47.0 Å². The Morgan fingerprint density at radius 1 is 1.21 bits per heavy atom. The molecule has 0 spiro atoms. The second-order valence-corrected chi connectivity index (χ2v) is 7.27. The summed E-state index contributed by atoms with van der Waals surface area (Å²) >= 11 is 0. The van der Waals surface area contributed by atoms with Gasteiger partial charge in [0.05, 0.1) is 13.7 Å². The van der Waals surface area contributed by atoms with Gasteiger partial charge in [0, 0.05) is 18.4 Å². The van der Waals surface area contributed by atoms with Crippen LogP contribution in [0, 0.1) is 5.92 Å². The van der Waals surface area contributed by atoms with E-state index in [0.717, 1.165) is 24.1 Å². The first-order chi connectivity index (χ1) is 13.7. The normalized spacial score (nSPS) is 21.3. The van der Waals surface area contributed by atoms with Crippen molar-refractivity contribution in [1.29, 1.82) is 0 Å². The lowest BCUT2D eigenvalue weighted by Gasteiger charge is -2.27. The number of hydrogen-bond donors (Lipinski definition) is 1. The molecule has 1 N–H and O–H groups in total. The second-order valence-electron chi connectivity index (χ2n) is 7.27. The van der Waals surface area contributed by atoms with Crippen molar-refractivity contribution in [2.24, 2.45) is 5.92 Å². The van der Waals surface area contributed by atoms with Crippen LogP contribution in [0.4, 0.5) is 0 Å². The number of ketones is 1. The van der Waals surface area contributed by atoms with E-state index >= 15 is 0 Å². The average Bonchev–Trinajstić information content (AvgIpc) is 3.01. The van der Waals surface area contributed by atoms with Gasteiger partial charge in [0.25, 0.3) is 0 Å². The third-order valence-electron chi connectivity index (χ3n) is 4.69. The van der Waals surface area contributed by atoms with Gasteiger partial charge in [-0.2, -0.15) is 0 Å². The minimum atomic E-state index is -0.850. The minimum Gasteiger partial charge on any atom is -0.497 e. The molecule has 3 atom stereocenters. The number of carbonyl (C=O) groups excluding carboxylic acids is 2. The molecule has 162 valence electrons. The molecule has 0 amide bonds. The summed E-state index contributed by atoms with van der Waals surface area (Å²) in [5.74, 6) is -0.581. The largest absolute Gasteiger partial charge is 0.497 e. The first-order valence-corrected chi connectivity index (χ1v) is 10.1. The molecule has 29 heavy (non-hydrogen) atoms. The lowest BCUT2D eigenvalue weighted by Crippen LogP contribution is -2.40. The van der Waals surface area contributed by atoms with Gasteiger partial charge in [0.1, 0.15) is 11.5 Å². The highest BCUT2D eigenvalue weighted by Gasteiger charge is 2.42. The third kappa shape index (κ3) is 7.54. The molecule has 0 heterocycles. The first-order valence-electron chi connectivity index (χ1n) is 10.1. The van der Waals surface area contributed by atoms with Crippen molar-refractivity contribution in [3.05, 3.63) is 48.0 Å². The van der Waals surface area contributed by atoms with E-state index in [1.54, 1.807) is 0 Å². The predicted octanol–water partition coefficient (Wildman–Crippen LogP) is 3.85. The van der Waals surface area contributed by atoms with Gasteiger partial charge in [-0.3, -0.25) is 4.79 Å². The fourth-order valence-electron chi connectivity index (χ4n) is 3.26. The number of methoxy groups -OCH3 is 1. The van der Waals surface area contributed by atoms with E-state index in [2.05, 4.69) is 25.4 Å². The Morgan fingerprint density at radius 2 is 1.90 bits per heavy atom. The molecule has 0 unspecified atom stereocenters. The summed E-state index contributed by atoms with van der Waals surface area (Å²) in [6, 6.07) is -0.0982. The van der Waals surface area contributed by atoms with Crippen LogP contribution in [0.3, 0.4) is 0 Å². The Balaban J connectivity index is 3.08. The minimum absolute atomic E-state index is 0.0884. The van der Waals surface area contributed by atoms with E-state index in [0.29, 0.717) is 24.5 Å². The van der Waals surface area contributed by atoms with Crippen LogP contribution in [0.2, 0.25) is 0 Å². The number of Topliss-reactive ketones (excluding diaryl/α,β-unsaturated/α-hetero) is 1. The predicted molar refractivity (Wildman–Crippen MR) is 114 cm³/mol. The molecule has 0 aromatic carbocycles. The molecule has 0 radical (unpaired) electrons. The number of rotatable bonds is 13. The molecule has 0 fully saturated rings. The fraction of sp³-hybridized carbons (Fsp3) is 0.565. The third-order valence-corrected chi connectivity index (χ3v) is 4.69. The molecular weight excluding hydrogens is 370 g/mol. The van der Waals surface area contributed by atoms with E-state index in [4.69, 9.17) is 14.2 Å². The van der Waals surface area contributed by atoms with Crippen molar-refractivity contribution < 1.29 is 23.8 Å². The first kappa shape index (κ1) is 24.7. The number of carbonyl (C=O) groups is 2. The summed E-state index contributed by atoms with van der Waals surface area (Å²) in [6.07, 6.45) is 4.56. The molecule has 0 aromatic rings. The Bertz CT molecular complexity index is 677.